The first-order valence-electron chi connectivity index (χ1n) is 9.26. The molecule has 0 aromatic heterocycles. The minimum Gasteiger partial charge on any atom is -0.484 e. The van der Waals surface area contributed by atoms with Gasteiger partial charge in [-0.1, -0.05) is 18.2 Å². The molecule has 0 fully saturated rings. The van der Waals surface area contributed by atoms with Gasteiger partial charge in [0.2, 0.25) is 0 Å². The number of benzene rings is 3. The van der Waals surface area contributed by atoms with Crippen molar-refractivity contribution in [3.63, 3.8) is 0 Å². The Hall–Kier alpha value is -3.80. The molecule has 29 heavy (non-hydrogen) atoms. The van der Waals surface area contributed by atoms with E-state index in [2.05, 4.69) is 10.6 Å². The Morgan fingerprint density at radius 2 is 1.38 bits per heavy atom. The molecule has 148 valence electrons. The third-order valence-electron chi connectivity index (χ3n) is 3.97. The molecule has 3 aromatic rings. The van der Waals surface area contributed by atoms with Gasteiger partial charge in [0.15, 0.2) is 6.61 Å². The second-order valence-electron chi connectivity index (χ2n) is 6.15. The van der Waals surface area contributed by atoms with Crippen LogP contribution in [-0.4, -0.2) is 25.1 Å². The van der Waals surface area contributed by atoms with Crippen LogP contribution >= 0.6 is 0 Å². The number of anilines is 3. The fourth-order valence-electron chi connectivity index (χ4n) is 2.57. The van der Waals surface area contributed by atoms with Crippen molar-refractivity contribution in [2.75, 3.05) is 23.8 Å². The smallest absolute Gasteiger partial charge is 0.338 e. The monoisotopic (exact) mass is 390 g/mol. The van der Waals surface area contributed by atoms with Gasteiger partial charge < -0.3 is 20.1 Å². The third-order valence-corrected chi connectivity index (χ3v) is 3.97. The number of hydrogen-bond donors (Lipinski definition) is 2. The second-order valence-corrected chi connectivity index (χ2v) is 6.15. The molecule has 6 nitrogen and oxygen atoms in total. The van der Waals surface area contributed by atoms with E-state index in [1.54, 1.807) is 43.3 Å². The van der Waals surface area contributed by atoms with Gasteiger partial charge in [-0.25, -0.2) is 4.79 Å². The predicted molar refractivity (Wildman–Crippen MR) is 113 cm³/mol. The van der Waals surface area contributed by atoms with Crippen LogP contribution in [0.3, 0.4) is 0 Å². The number of hydrogen-bond acceptors (Lipinski definition) is 5. The molecule has 0 bridgehead atoms. The molecule has 2 N–H and O–H groups in total. The normalized spacial score (nSPS) is 10.1. The molecular formula is C23H22N2O4. The highest BCUT2D eigenvalue weighted by molar-refractivity contribution is 5.92. The van der Waals surface area contributed by atoms with Crippen LogP contribution in [0.1, 0.15) is 17.3 Å². The Labute approximate surface area is 169 Å². The van der Waals surface area contributed by atoms with E-state index in [0.717, 1.165) is 11.4 Å². The molecule has 6 heteroatoms. The van der Waals surface area contributed by atoms with Crippen molar-refractivity contribution < 1.29 is 19.1 Å². The molecule has 0 aliphatic heterocycles. The lowest BCUT2D eigenvalue weighted by Crippen LogP contribution is -2.20. The first-order chi connectivity index (χ1) is 14.1. The molecule has 1 amide bonds. The van der Waals surface area contributed by atoms with E-state index < -0.39 is 0 Å². The van der Waals surface area contributed by atoms with E-state index in [1.165, 1.54) is 0 Å². The molecule has 0 unspecified atom stereocenters. The zero-order valence-electron chi connectivity index (χ0n) is 16.1. The lowest BCUT2D eigenvalue weighted by atomic mass is 10.2. The Morgan fingerprint density at radius 3 is 2.00 bits per heavy atom. The van der Waals surface area contributed by atoms with E-state index in [1.807, 2.05) is 42.5 Å². The average molecular weight is 390 g/mol. The first-order valence-corrected chi connectivity index (χ1v) is 9.26. The molecule has 0 saturated carbocycles. The van der Waals surface area contributed by atoms with Gasteiger partial charge in [0.25, 0.3) is 5.91 Å². The Morgan fingerprint density at radius 1 is 0.793 bits per heavy atom. The van der Waals surface area contributed by atoms with Gasteiger partial charge in [0.1, 0.15) is 5.75 Å². The van der Waals surface area contributed by atoms with Crippen molar-refractivity contribution in [2.24, 2.45) is 0 Å². The van der Waals surface area contributed by atoms with Gasteiger partial charge in [-0.15, -0.1) is 0 Å². The maximum Gasteiger partial charge on any atom is 0.338 e. The van der Waals surface area contributed by atoms with Crippen molar-refractivity contribution in [3.05, 3.63) is 84.4 Å². The number of ether oxygens (including phenoxy) is 2. The Balaban J connectivity index is 1.50. The van der Waals surface area contributed by atoms with Crippen LogP contribution in [0, 0.1) is 0 Å². The fourth-order valence-corrected chi connectivity index (χ4v) is 2.57. The summed E-state index contributed by atoms with van der Waals surface area (Å²) in [6, 6.07) is 23.5. The summed E-state index contributed by atoms with van der Waals surface area (Å²) in [5.74, 6) is 0.0793. The number of carbonyl (C=O) groups is 2. The van der Waals surface area contributed by atoms with E-state index in [4.69, 9.17) is 9.47 Å². The summed E-state index contributed by atoms with van der Waals surface area (Å²) >= 11 is 0. The van der Waals surface area contributed by atoms with Gasteiger partial charge >= 0.3 is 5.97 Å². The molecule has 0 aliphatic rings. The Bertz CT molecular complexity index is 939. The molecule has 0 spiro atoms. The molecule has 0 saturated heterocycles. The van der Waals surface area contributed by atoms with Gasteiger partial charge in [0.05, 0.1) is 12.2 Å². The minimum absolute atomic E-state index is 0.0587. The average Bonchev–Trinajstić information content (AvgIpc) is 2.75. The zero-order valence-corrected chi connectivity index (χ0v) is 16.1. The summed E-state index contributed by atoms with van der Waals surface area (Å²) < 4.78 is 10.4. The quantitative estimate of drug-likeness (QED) is 0.549. The van der Waals surface area contributed by atoms with Crippen LogP contribution in [-0.2, 0) is 9.53 Å². The number of para-hydroxylation sites is 1. The molecule has 0 atom stereocenters. The largest absolute Gasteiger partial charge is 0.484 e. The van der Waals surface area contributed by atoms with E-state index >= 15 is 0 Å². The zero-order chi connectivity index (χ0) is 20.5. The number of rotatable bonds is 8. The molecule has 0 aliphatic carbocycles. The summed E-state index contributed by atoms with van der Waals surface area (Å²) in [6.45, 7) is 2.06. The minimum atomic E-state index is -0.338. The molecule has 0 radical (unpaired) electrons. The van der Waals surface area contributed by atoms with Crippen molar-refractivity contribution in [3.8, 4) is 5.75 Å². The summed E-state index contributed by atoms with van der Waals surface area (Å²) in [4.78, 5) is 23.7. The topological polar surface area (TPSA) is 76.7 Å². The third kappa shape index (κ3) is 6.10. The van der Waals surface area contributed by atoms with Gasteiger partial charge in [-0.3, -0.25) is 4.79 Å². The molecule has 0 heterocycles. The van der Waals surface area contributed by atoms with Crippen LogP contribution < -0.4 is 15.4 Å². The first kappa shape index (κ1) is 19.9. The van der Waals surface area contributed by atoms with Crippen molar-refractivity contribution >= 4 is 28.9 Å². The van der Waals surface area contributed by atoms with Crippen molar-refractivity contribution in [1.82, 2.24) is 0 Å². The Kier molecular flexibility index (Phi) is 6.84. The number of carbonyl (C=O) groups excluding carboxylic acids is 2. The summed E-state index contributed by atoms with van der Waals surface area (Å²) in [5.41, 5.74) is 2.88. The summed E-state index contributed by atoms with van der Waals surface area (Å²) in [7, 11) is 0. The molecular weight excluding hydrogens is 368 g/mol. The lowest BCUT2D eigenvalue weighted by Gasteiger charge is -2.10. The van der Waals surface area contributed by atoms with E-state index in [-0.39, 0.29) is 18.5 Å². The van der Waals surface area contributed by atoms with Gasteiger partial charge in [0, 0.05) is 17.1 Å². The van der Waals surface area contributed by atoms with E-state index in [9.17, 15) is 9.59 Å². The predicted octanol–water partition coefficient (Wildman–Crippen LogP) is 4.62. The van der Waals surface area contributed by atoms with Crippen LogP contribution in [0.25, 0.3) is 0 Å². The van der Waals surface area contributed by atoms with Crippen molar-refractivity contribution in [1.29, 1.82) is 0 Å². The maximum atomic E-state index is 12.0. The van der Waals surface area contributed by atoms with Crippen LogP contribution in [0.4, 0.5) is 17.1 Å². The van der Waals surface area contributed by atoms with Crippen molar-refractivity contribution in [2.45, 2.75) is 6.92 Å². The highest BCUT2D eigenvalue weighted by atomic mass is 16.5. The van der Waals surface area contributed by atoms with Crippen LogP contribution in [0.5, 0.6) is 5.75 Å². The highest BCUT2D eigenvalue weighted by Gasteiger charge is 2.06. The standard InChI is InChI=1S/C23H22N2O4/c1-2-28-23(27)17-8-10-18(11-9-17)24-19-12-14-20(15-13-19)25-22(26)16-29-21-6-4-3-5-7-21/h3-15,24H,2,16H2,1H3,(H,25,26). The number of esters is 1. The lowest BCUT2D eigenvalue weighted by molar-refractivity contribution is -0.118. The number of nitrogens with one attached hydrogen (secondary N) is 2. The maximum absolute atomic E-state index is 12.0. The highest BCUT2D eigenvalue weighted by Crippen LogP contribution is 2.20. The van der Waals surface area contributed by atoms with Gasteiger partial charge in [-0.2, -0.15) is 0 Å². The van der Waals surface area contributed by atoms with Crippen LogP contribution in [0.2, 0.25) is 0 Å². The second kappa shape index (κ2) is 9.94. The molecule has 3 aromatic carbocycles. The van der Waals surface area contributed by atoms with Crippen LogP contribution in [0.15, 0.2) is 78.9 Å². The fraction of sp³-hybridized carbons (Fsp3) is 0.130. The SMILES string of the molecule is CCOC(=O)c1ccc(Nc2ccc(NC(=O)COc3ccccc3)cc2)cc1. The molecule has 3 rings (SSSR count). The number of amides is 1. The van der Waals surface area contributed by atoms with Gasteiger partial charge in [-0.05, 0) is 67.6 Å². The summed E-state index contributed by atoms with van der Waals surface area (Å²) in [5, 5.41) is 6.03. The summed E-state index contributed by atoms with van der Waals surface area (Å²) in [6.07, 6.45) is 0. The van der Waals surface area contributed by atoms with E-state index in [0.29, 0.717) is 23.6 Å².